The minimum atomic E-state index is -0.861. The van der Waals surface area contributed by atoms with Gasteiger partial charge in [0.2, 0.25) is 5.91 Å². The molecule has 57 heavy (non-hydrogen) atoms. The summed E-state index contributed by atoms with van der Waals surface area (Å²) in [5.41, 5.74) is 6.93. The van der Waals surface area contributed by atoms with E-state index in [-0.39, 0.29) is 29.9 Å². The number of likely N-dealkylation sites (tertiary alicyclic amines) is 1. The third-order valence-electron chi connectivity index (χ3n) is 12.5. The van der Waals surface area contributed by atoms with Crippen molar-refractivity contribution >= 4 is 46.1 Å². The van der Waals surface area contributed by atoms with E-state index in [9.17, 15) is 19.2 Å². The number of carbonyl (C=O) groups excluding carboxylic acids is 4. The monoisotopic (exact) mass is 772 g/mol. The molecule has 4 fully saturated rings. The van der Waals surface area contributed by atoms with Gasteiger partial charge in [-0.15, -0.1) is 0 Å². The van der Waals surface area contributed by atoms with Crippen LogP contribution < -0.4 is 10.6 Å². The molecular formula is C43H48N8O6. The third-order valence-corrected chi connectivity index (χ3v) is 12.5. The lowest BCUT2D eigenvalue weighted by Crippen LogP contribution is -2.54. The van der Waals surface area contributed by atoms with Crippen molar-refractivity contribution in [1.82, 2.24) is 40.4 Å². The molecule has 3 saturated heterocycles. The fourth-order valence-corrected chi connectivity index (χ4v) is 9.49. The van der Waals surface area contributed by atoms with Gasteiger partial charge in [0.05, 0.1) is 48.4 Å². The third kappa shape index (κ3) is 7.28. The minimum absolute atomic E-state index is 0.0665. The Morgan fingerprint density at radius 2 is 1.42 bits per heavy atom. The van der Waals surface area contributed by atoms with Crippen molar-refractivity contribution in [3.05, 3.63) is 95.1 Å². The molecule has 1 aliphatic carbocycles. The number of rotatable bonds is 10. The molecule has 0 bridgehead atoms. The van der Waals surface area contributed by atoms with E-state index in [2.05, 4.69) is 57.0 Å². The number of benzene rings is 3. The molecule has 4 aliphatic rings. The molecule has 4 N–H and O–H groups in total. The molecule has 9 rings (SSSR count). The first kappa shape index (κ1) is 36.7. The Bertz CT molecular complexity index is 2320. The average molecular weight is 773 g/mol. The Morgan fingerprint density at radius 3 is 2.07 bits per heavy atom. The highest BCUT2D eigenvalue weighted by molar-refractivity contribution is 5.88. The van der Waals surface area contributed by atoms with Gasteiger partial charge >= 0.3 is 12.2 Å². The van der Waals surface area contributed by atoms with E-state index in [0.29, 0.717) is 30.4 Å². The summed E-state index contributed by atoms with van der Waals surface area (Å²) in [6.45, 7) is 0.577. The van der Waals surface area contributed by atoms with Gasteiger partial charge in [-0.2, -0.15) is 0 Å². The number of nitrogens with zero attached hydrogens (tertiary/aromatic N) is 4. The summed E-state index contributed by atoms with van der Waals surface area (Å²) in [4.78, 5) is 72.1. The van der Waals surface area contributed by atoms with Gasteiger partial charge in [-0.25, -0.2) is 19.6 Å². The fraction of sp³-hybridized carbons (Fsp3) is 0.442. The summed E-state index contributed by atoms with van der Waals surface area (Å²) in [6.07, 6.45) is 6.75. The van der Waals surface area contributed by atoms with Gasteiger partial charge in [0.15, 0.2) is 0 Å². The van der Waals surface area contributed by atoms with Crippen LogP contribution in [0.1, 0.15) is 91.4 Å². The summed E-state index contributed by atoms with van der Waals surface area (Å²) in [5.74, 6) is 2.49. The SMILES string of the molecule is COC(=O)N[C@H]1CC[C@H]2CC[C@@H](c3nc4ccc(CC5CC5Cc5ccc6nc([C@@H]7CCCN7C(=O)[C@H](NC(=O)OC)c7ccccc7)[nH]c6c5)cc4[nH]3)N2C1=O. The molecule has 1 saturated carbocycles. The van der Waals surface area contributed by atoms with Gasteiger partial charge in [0.1, 0.15) is 23.7 Å². The molecule has 296 valence electrons. The van der Waals surface area contributed by atoms with Crippen LogP contribution in [0.3, 0.4) is 0 Å². The second-order valence-electron chi connectivity index (χ2n) is 16.0. The van der Waals surface area contributed by atoms with Crippen LogP contribution in [0, 0.1) is 11.8 Å². The van der Waals surface area contributed by atoms with Crippen molar-refractivity contribution in [2.24, 2.45) is 11.8 Å². The molecule has 14 heteroatoms. The Balaban J connectivity index is 0.837. The van der Waals surface area contributed by atoms with Crippen molar-refractivity contribution in [1.29, 1.82) is 0 Å². The van der Waals surface area contributed by atoms with Gasteiger partial charge in [-0.1, -0.05) is 42.5 Å². The van der Waals surface area contributed by atoms with E-state index < -0.39 is 24.3 Å². The number of carbonyl (C=O) groups is 4. The zero-order chi connectivity index (χ0) is 39.2. The Kier molecular flexibility index (Phi) is 9.79. The predicted molar refractivity (Wildman–Crippen MR) is 211 cm³/mol. The van der Waals surface area contributed by atoms with Gasteiger partial charge < -0.3 is 39.9 Å². The standard InChI is InChI=1S/C43H48N8O6/c1-56-42(54)48-32-16-12-29-13-17-36(51(29)40(32)52)39-45-31-15-11-25(22-34(31)47-39)20-28-23-27(28)19-24-10-14-30-33(21-24)46-38(44-30)35-9-6-18-50(35)41(53)37(49-43(55)57-2)26-7-4-3-5-8-26/h3-5,7-8,10-11,14-15,21-22,27-29,32,35-37H,6,9,12-13,16-20,23H2,1-2H3,(H,44,46)(H,45,47)(H,48,54)(H,49,55)/t27?,28?,29-,32-,35-,36-,37+/m0/s1. The molecule has 14 nitrogen and oxygen atoms in total. The second kappa shape index (κ2) is 15.2. The molecule has 3 aromatic carbocycles. The number of ether oxygens (including phenoxy) is 2. The molecule has 3 aliphatic heterocycles. The van der Waals surface area contributed by atoms with Crippen LogP contribution in [-0.2, 0) is 31.9 Å². The van der Waals surface area contributed by atoms with E-state index >= 15 is 0 Å². The topological polar surface area (TPSA) is 175 Å². The van der Waals surface area contributed by atoms with Gasteiger partial charge in [0.25, 0.3) is 5.91 Å². The molecule has 0 spiro atoms. The highest BCUT2D eigenvalue weighted by atomic mass is 16.5. The molecular weight excluding hydrogens is 725 g/mol. The molecule has 5 aromatic rings. The number of methoxy groups -OCH3 is 2. The van der Waals surface area contributed by atoms with Crippen LogP contribution in [-0.4, -0.2) is 86.6 Å². The van der Waals surface area contributed by atoms with Crippen molar-refractivity contribution in [2.75, 3.05) is 20.8 Å². The number of hydrogen-bond donors (Lipinski definition) is 4. The number of amides is 4. The first-order valence-corrected chi connectivity index (χ1v) is 20.1. The number of imidazole rings is 2. The van der Waals surface area contributed by atoms with E-state index in [1.807, 2.05) is 40.1 Å². The number of hydrogen-bond acceptors (Lipinski definition) is 8. The molecule has 7 atom stereocenters. The normalized spacial score (nSPS) is 24.7. The highest BCUT2D eigenvalue weighted by Crippen LogP contribution is 2.45. The maximum atomic E-state index is 13.9. The van der Waals surface area contributed by atoms with E-state index in [4.69, 9.17) is 19.4 Å². The number of aromatic amines is 2. The van der Waals surface area contributed by atoms with Gasteiger partial charge in [-0.3, -0.25) is 9.59 Å². The van der Waals surface area contributed by atoms with Crippen molar-refractivity contribution in [3.8, 4) is 0 Å². The Hall–Kier alpha value is -5.92. The zero-order valence-electron chi connectivity index (χ0n) is 32.2. The van der Waals surface area contributed by atoms with Crippen LogP contribution in [0.5, 0.6) is 0 Å². The summed E-state index contributed by atoms with van der Waals surface area (Å²) < 4.78 is 9.59. The quantitative estimate of drug-likeness (QED) is 0.130. The number of alkyl carbamates (subject to hydrolysis) is 2. The summed E-state index contributed by atoms with van der Waals surface area (Å²) in [6, 6.07) is 20.5. The molecule has 2 unspecified atom stereocenters. The largest absolute Gasteiger partial charge is 0.453 e. The van der Waals surface area contributed by atoms with Crippen molar-refractivity contribution < 1.29 is 28.7 Å². The van der Waals surface area contributed by atoms with E-state index in [1.54, 1.807) is 0 Å². The van der Waals surface area contributed by atoms with Gasteiger partial charge in [0, 0.05) is 12.6 Å². The van der Waals surface area contributed by atoms with Crippen LogP contribution in [0.25, 0.3) is 22.1 Å². The Morgan fingerprint density at radius 1 is 0.789 bits per heavy atom. The van der Waals surface area contributed by atoms with E-state index in [1.165, 1.54) is 31.8 Å². The lowest BCUT2D eigenvalue weighted by Gasteiger charge is -2.37. The van der Waals surface area contributed by atoms with Crippen LogP contribution >= 0.6 is 0 Å². The predicted octanol–water partition coefficient (Wildman–Crippen LogP) is 6.17. The number of fused-ring (bicyclic) bond motifs is 3. The molecule has 2 aromatic heterocycles. The highest BCUT2D eigenvalue weighted by Gasteiger charge is 2.45. The van der Waals surface area contributed by atoms with Crippen LogP contribution in [0.4, 0.5) is 9.59 Å². The molecule has 5 heterocycles. The number of nitrogens with one attached hydrogen (secondary N) is 4. The fourth-order valence-electron chi connectivity index (χ4n) is 9.49. The maximum Gasteiger partial charge on any atom is 0.407 e. The first-order valence-electron chi connectivity index (χ1n) is 20.1. The summed E-state index contributed by atoms with van der Waals surface area (Å²) in [5, 5.41) is 5.44. The first-order chi connectivity index (χ1) is 27.8. The lowest BCUT2D eigenvalue weighted by atomic mass is 9.98. The molecule has 0 radical (unpaired) electrons. The smallest absolute Gasteiger partial charge is 0.407 e. The second-order valence-corrected chi connectivity index (χ2v) is 16.0. The lowest BCUT2D eigenvalue weighted by molar-refractivity contribution is -0.139. The van der Waals surface area contributed by atoms with Crippen LogP contribution in [0.15, 0.2) is 66.7 Å². The zero-order valence-corrected chi connectivity index (χ0v) is 32.2. The maximum absolute atomic E-state index is 13.9. The van der Waals surface area contributed by atoms with E-state index in [0.717, 1.165) is 78.7 Å². The minimum Gasteiger partial charge on any atom is -0.453 e. The van der Waals surface area contributed by atoms with Gasteiger partial charge in [-0.05, 0) is 111 Å². The number of piperidine rings is 1. The van der Waals surface area contributed by atoms with Crippen molar-refractivity contribution in [3.63, 3.8) is 0 Å². The summed E-state index contributed by atoms with van der Waals surface area (Å²) in [7, 11) is 2.60. The summed E-state index contributed by atoms with van der Waals surface area (Å²) >= 11 is 0. The number of H-pyrrole nitrogens is 2. The number of aromatic nitrogens is 4. The molecule has 4 amide bonds. The Labute approximate surface area is 330 Å². The van der Waals surface area contributed by atoms with Crippen LogP contribution in [0.2, 0.25) is 0 Å². The van der Waals surface area contributed by atoms with Crippen molar-refractivity contribution in [2.45, 2.75) is 88.0 Å². The average Bonchev–Trinajstić information content (AvgIpc) is 3.75.